The molecule has 24 heavy (non-hydrogen) atoms. The van der Waals surface area contributed by atoms with Crippen LogP contribution in [0.1, 0.15) is 16.9 Å². The van der Waals surface area contributed by atoms with Crippen LogP contribution in [0.4, 0.5) is 4.79 Å². The van der Waals surface area contributed by atoms with Crippen LogP contribution in [0.15, 0.2) is 42.6 Å². The third-order valence-corrected chi connectivity index (χ3v) is 4.42. The Morgan fingerprint density at radius 2 is 2.21 bits per heavy atom. The first-order valence-corrected chi connectivity index (χ1v) is 8.42. The fourth-order valence-electron chi connectivity index (χ4n) is 2.41. The molecule has 0 spiro atoms. The Hall–Kier alpha value is -2.74. The summed E-state index contributed by atoms with van der Waals surface area (Å²) in [7, 11) is 0. The molecule has 0 bridgehead atoms. The number of rotatable bonds is 4. The van der Waals surface area contributed by atoms with Crippen molar-refractivity contribution in [1.82, 2.24) is 25.3 Å². The van der Waals surface area contributed by atoms with E-state index in [0.717, 1.165) is 17.0 Å². The highest BCUT2D eigenvalue weighted by Crippen LogP contribution is 2.24. The van der Waals surface area contributed by atoms with Crippen molar-refractivity contribution in [1.29, 1.82) is 0 Å². The predicted octanol–water partition coefficient (Wildman–Crippen LogP) is 2.16. The average Bonchev–Trinajstić information content (AvgIpc) is 3.29. The third kappa shape index (κ3) is 3.28. The highest BCUT2D eigenvalue weighted by molar-refractivity contribution is 7.13. The second-order valence-corrected chi connectivity index (χ2v) is 6.02. The van der Waals surface area contributed by atoms with Crippen molar-refractivity contribution < 1.29 is 9.59 Å². The Morgan fingerprint density at radius 3 is 2.96 bits per heavy atom. The summed E-state index contributed by atoms with van der Waals surface area (Å²) < 4.78 is 0. The standard InChI is InChI=1S/C16H17N5O2S/c1-2-6-18-16(23)21-9-4-8-20(21)15(22)13-11-24-14(19-13)12-5-3-7-17-10-12/h2-3,5,7,10-11H,1,4,6,8-9H2,(H,18,23). The van der Waals surface area contributed by atoms with Crippen molar-refractivity contribution in [2.24, 2.45) is 0 Å². The SMILES string of the molecule is C=CCNC(=O)N1CCCN1C(=O)c1csc(-c2cccnc2)n1. The first-order valence-electron chi connectivity index (χ1n) is 7.54. The van der Waals surface area contributed by atoms with Gasteiger partial charge in [0, 0.05) is 43.0 Å². The summed E-state index contributed by atoms with van der Waals surface area (Å²) in [4.78, 5) is 33.3. The topological polar surface area (TPSA) is 78.4 Å². The second kappa shape index (κ2) is 7.22. The van der Waals surface area contributed by atoms with Gasteiger partial charge in [-0.1, -0.05) is 6.08 Å². The van der Waals surface area contributed by atoms with E-state index in [1.165, 1.54) is 21.4 Å². The average molecular weight is 343 g/mol. The van der Waals surface area contributed by atoms with Gasteiger partial charge in [0.15, 0.2) is 0 Å². The molecule has 2 aromatic heterocycles. The zero-order valence-electron chi connectivity index (χ0n) is 13.0. The molecule has 1 aliphatic rings. The van der Waals surface area contributed by atoms with Crippen LogP contribution < -0.4 is 5.32 Å². The molecular weight excluding hydrogens is 326 g/mol. The first kappa shape index (κ1) is 16.1. The Bertz CT molecular complexity index is 746. The minimum atomic E-state index is -0.302. The van der Waals surface area contributed by atoms with E-state index < -0.39 is 0 Å². The maximum Gasteiger partial charge on any atom is 0.336 e. The molecule has 8 heteroatoms. The van der Waals surface area contributed by atoms with Gasteiger partial charge in [-0.15, -0.1) is 17.9 Å². The van der Waals surface area contributed by atoms with Gasteiger partial charge in [-0.2, -0.15) is 0 Å². The Labute approximate surface area is 143 Å². The predicted molar refractivity (Wildman–Crippen MR) is 91.3 cm³/mol. The molecule has 1 saturated heterocycles. The van der Waals surface area contributed by atoms with E-state index in [9.17, 15) is 9.59 Å². The summed E-state index contributed by atoms with van der Waals surface area (Å²) in [5, 5.41) is 8.00. The van der Waals surface area contributed by atoms with Gasteiger partial charge in [0.05, 0.1) is 0 Å². The molecule has 0 aromatic carbocycles. The number of carbonyl (C=O) groups excluding carboxylic acids is 2. The van der Waals surface area contributed by atoms with Crippen LogP contribution >= 0.6 is 11.3 Å². The normalized spacial score (nSPS) is 13.8. The van der Waals surface area contributed by atoms with Crippen LogP contribution in [0, 0.1) is 0 Å². The Morgan fingerprint density at radius 1 is 1.38 bits per heavy atom. The number of nitrogens with zero attached hydrogens (tertiary/aromatic N) is 4. The number of carbonyl (C=O) groups is 2. The van der Waals surface area contributed by atoms with Crippen LogP contribution in [0.25, 0.3) is 10.6 Å². The summed E-state index contributed by atoms with van der Waals surface area (Å²) in [5.74, 6) is -0.271. The second-order valence-electron chi connectivity index (χ2n) is 5.16. The fraction of sp³-hybridized carbons (Fsp3) is 0.250. The van der Waals surface area contributed by atoms with Gasteiger partial charge in [0.1, 0.15) is 10.7 Å². The molecule has 0 unspecified atom stereocenters. The van der Waals surface area contributed by atoms with E-state index in [4.69, 9.17) is 0 Å². The van der Waals surface area contributed by atoms with Crippen molar-refractivity contribution in [3.05, 3.63) is 48.3 Å². The maximum atomic E-state index is 12.7. The van der Waals surface area contributed by atoms with Gasteiger partial charge < -0.3 is 5.32 Å². The highest BCUT2D eigenvalue weighted by Gasteiger charge is 2.32. The lowest BCUT2D eigenvalue weighted by atomic mass is 10.3. The molecular formula is C16H17N5O2S. The van der Waals surface area contributed by atoms with E-state index in [0.29, 0.717) is 25.3 Å². The summed E-state index contributed by atoms with van der Waals surface area (Å²) in [5.41, 5.74) is 1.20. The van der Waals surface area contributed by atoms with Crippen molar-refractivity contribution in [3.8, 4) is 10.6 Å². The van der Waals surface area contributed by atoms with Crippen molar-refractivity contribution in [3.63, 3.8) is 0 Å². The Balaban J connectivity index is 1.75. The number of pyridine rings is 1. The summed E-state index contributed by atoms with van der Waals surface area (Å²) in [6.45, 7) is 4.93. The molecule has 0 radical (unpaired) electrons. The third-order valence-electron chi connectivity index (χ3n) is 3.53. The molecule has 124 valence electrons. The van der Waals surface area contributed by atoms with Gasteiger partial charge in [-0.3, -0.25) is 9.78 Å². The lowest BCUT2D eigenvalue weighted by Gasteiger charge is -2.27. The Kier molecular flexibility index (Phi) is 4.85. The van der Waals surface area contributed by atoms with Gasteiger partial charge in [-0.25, -0.2) is 19.8 Å². The summed E-state index contributed by atoms with van der Waals surface area (Å²) >= 11 is 1.38. The number of nitrogens with one attached hydrogen (secondary N) is 1. The number of hydrogen-bond acceptors (Lipinski definition) is 5. The van der Waals surface area contributed by atoms with E-state index in [1.807, 2.05) is 12.1 Å². The molecule has 7 nitrogen and oxygen atoms in total. The summed E-state index contributed by atoms with van der Waals surface area (Å²) in [6, 6.07) is 3.42. The molecule has 0 atom stereocenters. The lowest BCUT2D eigenvalue weighted by Crippen LogP contribution is -2.49. The van der Waals surface area contributed by atoms with E-state index in [1.54, 1.807) is 23.8 Å². The summed E-state index contributed by atoms with van der Waals surface area (Å²) in [6.07, 6.45) is 5.73. The number of amides is 3. The smallest absolute Gasteiger partial charge is 0.333 e. The lowest BCUT2D eigenvalue weighted by molar-refractivity contribution is 0.0374. The van der Waals surface area contributed by atoms with Gasteiger partial charge in [0.25, 0.3) is 5.91 Å². The van der Waals surface area contributed by atoms with Crippen molar-refractivity contribution >= 4 is 23.3 Å². The maximum absolute atomic E-state index is 12.7. The van der Waals surface area contributed by atoms with Crippen LogP contribution in [0.3, 0.4) is 0 Å². The number of hydrazine groups is 1. The van der Waals surface area contributed by atoms with E-state index >= 15 is 0 Å². The van der Waals surface area contributed by atoms with Crippen molar-refractivity contribution in [2.75, 3.05) is 19.6 Å². The quantitative estimate of drug-likeness (QED) is 0.863. The van der Waals surface area contributed by atoms with Gasteiger partial charge in [0.2, 0.25) is 0 Å². The zero-order chi connectivity index (χ0) is 16.9. The monoisotopic (exact) mass is 343 g/mol. The molecule has 0 saturated carbocycles. The fourth-order valence-corrected chi connectivity index (χ4v) is 3.20. The van der Waals surface area contributed by atoms with E-state index in [-0.39, 0.29) is 11.9 Å². The largest absolute Gasteiger partial charge is 0.336 e. The number of aromatic nitrogens is 2. The zero-order valence-corrected chi connectivity index (χ0v) is 13.8. The number of hydrogen-bond donors (Lipinski definition) is 1. The molecule has 1 aliphatic heterocycles. The van der Waals surface area contributed by atoms with Crippen LogP contribution in [-0.4, -0.2) is 51.6 Å². The molecule has 0 aliphatic carbocycles. The molecule has 3 amide bonds. The molecule has 3 heterocycles. The first-order chi connectivity index (χ1) is 11.7. The minimum absolute atomic E-state index is 0.271. The minimum Gasteiger partial charge on any atom is -0.333 e. The molecule has 1 N–H and O–H groups in total. The molecule has 3 rings (SSSR count). The number of thiazole rings is 1. The van der Waals surface area contributed by atoms with Crippen LogP contribution in [0.5, 0.6) is 0 Å². The van der Waals surface area contributed by atoms with Crippen LogP contribution in [-0.2, 0) is 0 Å². The highest BCUT2D eigenvalue weighted by atomic mass is 32.1. The van der Waals surface area contributed by atoms with Gasteiger partial charge in [-0.05, 0) is 18.6 Å². The number of urea groups is 1. The van der Waals surface area contributed by atoms with Crippen LogP contribution in [0.2, 0.25) is 0 Å². The van der Waals surface area contributed by atoms with Crippen molar-refractivity contribution in [2.45, 2.75) is 6.42 Å². The molecule has 1 fully saturated rings. The molecule has 2 aromatic rings. The van der Waals surface area contributed by atoms with Gasteiger partial charge >= 0.3 is 6.03 Å². The van der Waals surface area contributed by atoms with E-state index in [2.05, 4.69) is 21.9 Å².